The molecule has 108 valence electrons. The summed E-state index contributed by atoms with van der Waals surface area (Å²) in [5.74, 6) is 2.42. The maximum atomic E-state index is 6.06. The van der Waals surface area contributed by atoms with Crippen molar-refractivity contribution in [3.05, 3.63) is 11.4 Å². The second kappa shape index (κ2) is 6.22. The third kappa shape index (κ3) is 3.82. The van der Waals surface area contributed by atoms with Crippen LogP contribution in [0.2, 0.25) is 0 Å². The van der Waals surface area contributed by atoms with E-state index in [1.165, 1.54) is 12.8 Å². The molecule has 0 radical (unpaired) electrons. The van der Waals surface area contributed by atoms with E-state index in [4.69, 9.17) is 10.7 Å². The van der Waals surface area contributed by atoms with Crippen LogP contribution in [0.25, 0.3) is 0 Å². The summed E-state index contributed by atoms with van der Waals surface area (Å²) in [6, 6.07) is 0. The van der Waals surface area contributed by atoms with Crippen LogP contribution in [0.3, 0.4) is 0 Å². The number of hydrogen-bond donors (Lipinski definition) is 1. The zero-order chi connectivity index (χ0) is 14.6. The van der Waals surface area contributed by atoms with Gasteiger partial charge in [-0.3, -0.25) is 0 Å². The number of unbranched alkanes of at least 4 members (excludes halogenated alkanes) is 1. The fourth-order valence-corrected chi connectivity index (χ4v) is 1.93. The lowest BCUT2D eigenvalue weighted by Gasteiger charge is -2.26. The van der Waals surface area contributed by atoms with Gasteiger partial charge in [0, 0.05) is 24.1 Å². The first kappa shape index (κ1) is 15.7. The molecule has 1 aromatic heterocycles. The van der Waals surface area contributed by atoms with Gasteiger partial charge in [-0.05, 0) is 20.3 Å². The molecule has 0 bridgehead atoms. The molecule has 0 aromatic carbocycles. The highest BCUT2D eigenvalue weighted by Gasteiger charge is 2.22. The third-order valence-electron chi connectivity index (χ3n) is 3.29. The lowest BCUT2D eigenvalue weighted by atomic mass is 9.95. The van der Waals surface area contributed by atoms with Crippen molar-refractivity contribution in [3.63, 3.8) is 0 Å². The molecular formula is C15H28N4. The van der Waals surface area contributed by atoms with Gasteiger partial charge in [-0.25, -0.2) is 9.97 Å². The van der Waals surface area contributed by atoms with Gasteiger partial charge in [0.1, 0.15) is 17.5 Å². The Morgan fingerprint density at radius 2 is 1.79 bits per heavy atom. The molecular weight excluding hydrogens is 236 g/mol. The van der Waals surface area contributed by atoms with Gasteiger partial charge < -0.3 is 10.6 Å². The highest BCUT2D eigenvalue weighted by Crippen LogP contribution is 2.27. The van der Waals surface area contributed by atoms with Crippen LogP contribution >= 0.6 is 0 Å². The van der Waals surface area contributed by atoms with Crippen LogP contribution in [0.1, 0.15) is 58.8 Å². The number of rotatable bonds is 5. The summed E-state index contributed by atoms with van der Waals surface area (Å²) in [5, 5.41) is 0. The third-order valence-corrected chi connectivity index (χ3v) is 3.29. The van der Waals surface area contributed by atoms with E-state index >= 15 is 0 Å². The van der Waals surface area contributed by atoms with E-state index in [-0.39, 0.29) is 5.41 Å². The Balaban J connectivity index is 3.20. The topological polar surface area (TPSA) is 55.0 Å². The van der Waals surface area contributed by atoms with Crippen LogP contribution in [-0.2, 0) is 5.41 Å². The molecule has 2 N–H and O–H groups in total. The van der Waals surface area contributed by atoms with Crippen LogP contribution in [0, 0.1) is 6.92 Å². The Bertz CT molecular complexity index is 421. The van der Waals surface area contributed by atoms with Crippen LogP contribution in [0.5, 0.6) is 0 Å². The van der Waals surface area contributed by atoms with Crippen LogP contribution in [0.4, 0.5) is 11.6 Å². The van der Waals surface area contributed by atoms with E-state index in [2.05, 4.69) is 44.5 Å². The molecule has 0 amide bonds. The molecule has 0 saturated carbocycles. The molecule has 0 spiro atoms. The van der Waals surface area contributed by atoms with Crippen molar-refractivity contribution in [2.24, 2.45) is 0 Å². The quantitative estimate of drug-likeness (QED) is 0.886. The molecule has 0 saturated heterocycles. The molecule has 0 aliphatic carbocycles. The summed E-state index contributed by atoms with van der Waals surface area (Å²) in [6.45, 7) is 14.7. The summed E-state index contributed by atoms with van der Waals surface area (Å²) in [4.78, 5) is 11.5. The summed E-state index contributed by atoms with van der Waals surface area (Å²) >= 11 is 0. The van der Waals surface area contributed by atoms with Gasteiger partial charge >= 0.3 is 0 Å². The highest BCUT2D eigenvalue weighted by atomic mass is 15.2. The van der Waals surface area contributed by atoms with E-state index in [0.29, 0.717) is 5.82 Å². The normalized spacial score (nSPS) is 11.7. The van der Waals surface area contributed by atoms with Crippen molar-refractivity contribution in [2.45, 2.75) is 59.8 Å². The Kier molecular flexibility index (Phi) is 5.15. The average molecular weight is 264 g/mol. The lowest BCUT2D eigenvalue weighted by molar-refractivity contribution is 0.544. The number of nitrogens with two attached hydrogens (primary N) is 1. The Morgan fingerprint density at radius 1 is 1.16 bits per heavy atom. The largest absolute Gasteiger partial charge is 0.383 e. The summed E-state index contributed by atoms with van der Waals surface area (Å²) < 4.78 is 0. The van der Waals surface area contributed by atoms with Crippen molar-refractivity contribution in [1.82, 2.24) is 9.97 Å². The number of aromatic nitrogens is 2. The number of nitrogen functional groups attached to an aromatic ring is 1. The summed E-state index contributed by atoms with van der Waals surface area (Å²) in [5.41, 5.74) is 6.97. The predicted octanol–water partition coefficient (Wildman–Crippen LogP) is 3.29. The minimum atomic E-state index is -0.0826. The highest BCUT2D eigenvalue weighted by molar-refractivity contribution is 5.56. The van der Waals surface area contributed by atoms with Gasteiger partial charge in [0.15, 0.2) is 0 Å². The van der Waals surface area contributed by atoms with Gasteiger partial charge in [-0.2, -0.15) is 0 Å². The molecule has 4 heteroatoms. The Hall–Kier alpha value is -1.32. The fourth-order valence-electron chi connectivity index (χ4n) is 1.93. The van der Waals surface area contributed by atoms with Gasteiger partial charge in [0.05, 0.1) is 0 Å². The van der Waals surface area contributed by atoms with Crippen LogP contribution in [-0.4, -0.2) is 23.1 Å². The molecule has 0 atom stereocenters. The van der Waals surface area contributed by atoms with Gasteiger partial charge in [0.2, 0.25) is 0 Å². The smallest absolute Gasteiger partial charge is 0.138 e. The predicted molar refractivity (Wildman–Crippen MR) is 82.7 cm³/mol. The molecule has 4 nitrogen and oxygen atoms in total. The van der Waals surface area contributed by atoms with E-state index < -0.39 is 0 Å². The van der Waals surface area contributed by atoms with Gasteiger partial charge in [-0.1, -0.05) is 34.1 Å². The molecule has 0 aliphatic rings. The molecule has 19 heavy (non-hydrogen) atoms. The number of hydrogen-bond acceptors (Lipinski definition) is 4. The lowest BCUT2D eigenvalue weighted by Crippen LogP contribution is -2.28. The zero-order valence-electron chi connectivity index (χ0n) is 13.2. The van der Waals surface area contributed by atoms with Gasteiger partial charge in [0.25, 0.3) is 0 Å². The minimum absolute atomic E-state index is 0.0826. The standard InChI is InChI=1S/C15H28N4/c1-7-9-10-19(8-2)13-11(3)12(16)17-14(18-13)15(4,5)6/h7-10H2,1-6H3,(H2,16,17,18). The molecule has 0 fully saturated rings. The Labute approximate surface area is 117 Å². The van der Waals surface area contributed by atoms with Crippen molar-refractivity contribution in [2.75, 3.05) is 23.7 Å². The maximum Gasteiger partial charge on any atom is 0.138 e. The van der Waals surface area contributed by atoms with E-state index in [1.807, 2.05) is 6.92 Å². The monoisotopic (exact) mass is 264 g/mol. The second-order valence-electron chi connectivity index (χ2n) is 6.06. The van der Waals surface area contributed by atoms with Crippen molar-refractivity contribution in [3.8, 4) is 0 Å². The minimum Gasteiger partial charge on any atom is -0.383 e. The molecule has 0 aliphatic heterocycles. The first-order chi connectivity index (χ1) is 8.81. The molecule has 1 rings (SSSR count). The average Bonchev–Trinajstić information content (AvgIpc) is 2.33. The van der Waals surface area contributed by atoms with E-state index in [0.717, 1.165) is 30.3 Å². The fraction of sp³-hybridized carbons (Fsp3) is 0.733. The number of anilines is 2. The van der Waals surface area contributed by atoms with Crippen molar-refractivity contribution >= 4 is 11.6 Å². The molecule has 0 unspecified atom stereocenters. The summed E-state index contributed by atoms with van der Waals surface area (Å²) in [6.07, 6.45) is 2.35. The van der Waals surface area contributed by atoms with Crippen molar-refractivity contribution < 1.29 is 0 Å². The second-order valence-corrected chi connectivity index (χ2v) is 6.06. The molecule has 1 aromatic rings. The van der Waals surface area contributed by atoms with Crippen LogP contribution < -0.4 is 10.6 Å². The summed E-state index contributed by atoms with van der Waals surface area (Å²) in [7, 11) is 0. The van der Waals surface area contributed by atoms with E-state index in [9.17, 15) is 0 Å². The van der Waals surface area contributed by atoms with Crippen molar-refractivity contribution in [1.29, 1.82) is 0 Å². The zero-order valence-corrected chi connectivity index (χ0v) is 13.2. The first-order valence-corrected chi connectivity index (χ1v) is 7.20. The Morgan fingerprint density at radius 3 is 2.26 bits per heavy atom. The van der Waals surface area contributed by atoms with E-state index in [1.54, 1.807) is 0 Å². The number of nitrogens with zero attached hydrogens (tertiary/aromatic N) is 3. The SMILES string of the molecule is CCCCN(CC)c1nc(C(C)(C)C)nc(N)c1C. The first-order valence-electron chi connectivity index (χ1n) is 7.20. The molecule has 1 heterocycles. The van der Waals surface area contributed by atoms with Gasteiger partial charge in [-0.15, -0.1) is 0 Å². The van der Waals surface area contributed by atoms with Crippen LogP contribution in [0.15, 0.2) is 0 Å². The maximum absolute atomic E-state index is 6.06.